The van der Waals surface area contributed by atoms with Gasteiger partial charge >= 0.3 is 0 Å². The van der Waals surface area contributed by atoms with Crippen LogP contribution in [0.3, 0.4) is 0 Å². The normalized spacial score (nSPS) is 23.9. The molecule has 0 aliphatic carbocycles. The zero-order chi connectivity index (χ0) is 14.4. The Morgan fingerprint density at radius 1 is 1.45 bits per heavy atom. The van der Waals surface area contributed by atoms with Crippen LogP contribution in [0.1, 0.15) is 37.9 Å². The molecule has 1 N–H and O–H groups in total. The Balaban J connectivity index is 2.11. The van der Waals surface area contributed by atoms with E-state index in [4.69, 9.17) is 9.47 Å². The lowest BCUT2D eigenvalue weighted by Crippen LogP contribution is -2.36. The number of hydrogen-bond acceptors (Lipinski definition) is 4. The number of aliphatic hydroxyl groups excluding tert-OH is 1. The number of rotatable bonds is 5. The summed E-state index contributed by atoms with van der Waals surface area (Å²) in [6.07, 6.45) is 1.60. The highest BCUT2D eigenvalue weighted by Crippen LogP contribution is 2.40. The lowest BCUT2D eigenvalue weighted by molar-refractivity contribution is -0.0505. The van der Waals surface area contributed by atoms with Crippen LogP contribution in [0.4, 0.5) is 0 Å². The molecule has 1 aromatic carbocycles. The molecule has 20 heavy (non-hydrogen) atoms. The molecular weight excluding hydrogens is 254 g/mol. The van der Waals surface area contributed by atoms with E-state index >= 15 is 0 Å². The quantitative estimate of drug-likeness (QED) is 0.897. The predicted molar refractivity (Wildman–Crippen MR) is 75.3 cm³/mol. The Labute approximate surface area is 119 Å². The predicted octanol–water partition coefficient (Wildman–Crippen LogP) is 2.83. The fraction of sp³-hybridized carbons (Fsp3) is 0.562. The van der Waals surface area contributed by atoms with E-state index in [0.717, 1.165) is 24.2 Å². The van der Waals surface area contributed by atoms with Crippen molar-refractivity contribution < 1.29 is 14.6 Å². The van der Waals surface area contributed by atoms with E-state index in [1.54, 1.807) is 0 Å². The van der Waals surface area contributed by atoms with Crippen LogP contribution in [0, 0.1) is 16.7 Å². The third-order valence-electron chi connectivity index (χ3n) is 3.69. The molecule has 1 aliphatic heterocycles. The van der Waals surface area contributed by atoms with Crippen molar-refractivity contribution in [1.82, 2.24) is 0 Å². The SMILES string of the molecule is CCCOc1ccc(C(O)C2(C#N)CCCOC2)cc1. The molecule has 0 spiro atoms. The smallest absolute Gasteiger partial charge is 0.119 e. The Morgan fingerprint density at radius 3 is 2.75 bits per heavy atom. The largest absolute Gasteiger partial charge is 0.494 e. The first-order chi connectivity index (χ1) is 9.72. The van der Waals surface area contributed by atoms with Gasteiger partial charge < -0.3 is 14.6 Å². The van der Waals surface area contributed by atoms with Crippen molar-refractivity contribution in [1.29, 1.82) is 5.26 Å². The monoisotopic (exact) mass is 275 g/mol. The van der Waals surface area contributed by atoms with Crippen molar-refractivity contribution in [3.8, 4) is 11.8 Å². The van der Waals surface area contributed by atoms with Gasteiger partial charge in [-0.15, -0.1) is 0 Å². The maximum absolute atomic E-state index is 10.5. The third-order valence-corrected chi connectivity index (χ3v) is 3.69. The van der Waals surface area contributed by atoms with Crippen LogP contribution in [-0.2, 0) is 4.74 Å². The zero-order valence-corrected chi connectivity index (χ0v) is 11.8. The van der Waals surface area contributed by atoms with E-state index in [9.17, 15) is 10.4 Å². The molecule has 1 heterocycles. The Kier molecular flexibility index (Phi) is 4.99. The number of hydrogen-bond donors (Lipinski definition) is 1. The summed E-state index contributed by atoms with van der Waals surface area (Å²) in [4.78, 5) is 0. The van der Waals surface area contributed by atoms with Crippen molar-refractivity contribution >= 4 is 0 Å². The minimum Gasteiger partial charge on any atom is -0.494 e. The molecule has 1 fully saturated rings. The maximum atomic E-state index is 10.5. The molecule has 0 amide bonds. The second-order valence-electron chi connectivity index (χ2n) is 5.24. The van der Waals surface area contributed by atoms with Gasteiger partial charge in [0.15, 0.2) is 0 Å². The fourth-order valence-electron chi connectivity index (χ4n) is 2.47. The van der Waals surface area contributed by atoms with E-state index in [1.807, 2.05) is 24.3 Å². The average Bonchev–Trinajstić information content (AvgIpc) is 2.53. The topological polar surface area (TPSA) is 62.5 Å². The summed E-state index contributed by atoms with van der Waals surface area (Å²) in [6.45, 7) is 3.69. The fourth-order valence-corrected chi connectivity index (χ4v) is 2.47. The summed E-state index contributed by atoms with van der Waals surface area (Å²) in [5.74, 6) is 0.786. The molecule has 0 aromatic heterocycles. The second-order valence-corrected chi connectivity index (χ2v) is 5.24. The van der Waals surface area contributed by atoms with Crippen LogP contribution < -0.4 is 4.74 Å². The first-order valence-corrected chi connectivity index (χ1v) is 7.11. The minimum atomic E-state index is -0.829. The van der Waals surface area contributed by atoms with Gasteiger partial charge in [-0.05, 0) is 37.0 Å². The minimum absolute atomic E-state index is 0.290. The van der Waals surface area contributed by atoms with Gasteiger partial charge in [-0.1, -0.05) is 19.1 Å². The first kappa shape index (κ1) is 14.8. The number of benzene rings is 1. The molecule has 2 atom stereocenters. The number of aliphatic hydroxyl groups is 1. The molecule has 2 unspecified atom stereocenters. The zero-order valence-electron chi connectivity index (χ0n) is 11.8. The summed E-state index contributed by atoms with van der Waals surface area (Å²) >= 11 is 0. The van der Waals surface area contributed by atoms with Gasteiger partial charge in [0.1, 0.15) is 11.2 Å². The van der Waals surface area contributed by atoms with Crippen LogP contribution in [0.25, 0.3) is 0 Å². The summed E-state index contributed by atoms with van der Waals surface area (Å²) < 4.78 is 10.9. The maximum Gasteiger partial charge on any atom is 0.119 e. The molecule has 1 aliphatic rings. The molecule has 2 rings (SSSR count). The van der Waals surface area contributed by atoms with Crippen molar-refractivity contribution in [3.63, 3.8) is 0 Å². The van der Waals surface area contributed by atoms with Gasteiger partial charge in [-0.25, -0.2) is 0 Å². The highest BCUT2D eigenvalue weighted by Gasteiger charge is 2.41. The molecular formula is C16H21NO3. The molecule has 0 radical (unpaired) electrons. The van der Waals surface area contributed by atoms with Crippen LogP contribution in [-0.4, -0.2) is 24.9 Å². The molecule has 0 bridgehead atoms. The number of nitriles is 1. The van der Waals surface area contributed by atoms with E-state index in [2.05, 4.69) is 13.0 Å². The summed E-state index contributed by atoms with van der Waals surface area (Å²) in [5.41, 5.74) is -0.0924. The highest BCUT2D eigenvalue weighted by molar-refractivity contribution is 5.31. The van der Waals surface area contributed by atoms with Gasteiger partial charge in [0.2, 0.25) is 0 Å². The molecule has 108 valence electrons. The van der Waals surface area contributed by atoms with Gasteiger partial charge in [0.05, 0.1) is 25.4 Å². The van der Waals surface area contributed by atoms with Crippen LogP contribution in [0.15, 0.2) is 24.3 Å². The lowest BCUT2D eigenvalue weighted by Gasteiger charge is -2.34. The molecule has 1 saturated heterocycles. The van der Waals surface area contributed by atoms with Crippen molar-refractivity contribution in [2.24, 2.45) is 5.41 Å². The second kappa shape index (κ2) is 6.74. The molecule has 0 saturated carbocycles. The first-order valence-electron chi connectivity index (χ1n) is 7.11. The van der Waals surface area contributed by atoms with Gasteiger partial charge in [-0.2, -0.15) is 5.26 Å². The van der Waals surface area contributed by atoms with E-state index in [1.165, 1.54) is 0 Å². The standard InChI is InChI=1S/C16H21NO3/c1-2-9-20-14-6-4-13(5-7-14)15(18)16(11-17)8-3-10-19-12-16/h4-7,15,18H,2-3,8-10,12H2,1H3. The summed E-state index contributed by atoms with van der Waals surface area (Å²) in [5, 5.41) is 19.9. The van der Waals surface area contributed by atoms with Crippen LogP contribution in [0.2, 0.25) is 0 Å². The van der Waals surface area contributed by atoms with Gasteiger partial charge in [0, 0.05) is 6.61 Å². The van der Waals surface area contributed by atoms with Crippen molar-refractivity contribution in [2.75, 3.05) is 19.8 Å². The van der Waals surface area contributed by atoms with Crippen molar-refractivity contribution in [3.05, 3.63) is 29.8 Å². The highest BCUT2D eigenvalue weighted by atomic mass is 16.5. The van der Waals surface area contributed by atoms with Crippen LogP contribution >= 0.6 is 0 Å². The summed E-state index contributed by atoms with van der Waals surface area (Å²) in [7, 11) is 0. The number of ether oxygens (including phenoxy) is 2. The molecule has 4 nitrogen and oxygen atoms in total. The van der Waals surface area contributed by atoms with E-state index in [-0.39, 0.29) is 0 Å². The number of nitrogens with zero attached hydrogens (tertiary/aromatic N) is 1. The lowest BCUT2D eigenvalue weighted by atomic mass is 9.76. The molecule has 4 heteroatoms. The summed E-state index contributed by atoms with van der Waals surface area (Å²) in [6, 6.07) is 9.58. The Bertz CT molecular complexity index is 458. The van der Waals surface area contributed by atoms with E-state index < -0.39 is 11.5 Å². The van der Waals surface area contributed by atoms with E-state index in [0.29, 0.717) is 26.2 Å². The Hall–Kier alpha value is -1.57. The van der Waals surface area contributed by atoms with Gasteiger partial charge in [-0.3, -0.25) is 0 Å². The van der Waals surface area contributed by atoms with Crippen molar-refractivity contribution in [2.45, 2.75) is 32.3 Å². The molecule has 1 aromatic rings. The average molecular weight is 275 g/mol. The third kappa shape index (κ3) is 3.12. The van der Waals surface area contributed by atoms with Gasteiger partial charge in [0.25, 0.3) is 0 Å². The van der Waals surface area contributed by atoms with Crippen LogP contribution in [0.5, 0.6) is 5.75 Å². The Morgan fingerprint density at radius 2 is 2.20 bits per heavy atom.